The molecule has 2 aromatic heterocycles. The van der Waals surface area contributed by atoms with Crippen molar-refractivity contribution in [2.45, 2.75) is 32.2 Å². The van der Waals surface area contributed by atoms with Gasteiger partial charge >= 0.3 is 0 Å². The summed E-state index contributed by atoms with van der Waals surface area (Å²) < 4.78 is 1.81. The lowest BCUT2D eigenvalue weighted by atomic mass is 9.99. The molecule has 1 fully saturated rings. The van der Waals surface area contributed by atoms with Gasteiger partial charge in [-0.2, -0.15) is 5.10 Å². The first kappa shape index (κ1) is 18.8. The minimum Gasteiger partial charge on any atom is -0.347 e. The van der Waals surface area contributed by atoms with E-state index in [0.29, 0.717) is 12.5 Å². The molecule has 1 atom stereocenters. The summed E-state index contributed by atoms with van der Waals surface area (Å²) in [6, 6.07) is 9.93. The predicted octanol–water partition coefficient (Wildman–Crippen LogP) is 3.38. The zero-order chi connectivity index (χ0) is 19.5. The first-order valence-corrected chi connectivity index (χ1v) is 10.4. The average molecular weight is 396 g/mol. The lowest BCUT2D eigenvalue weighted by Gasteiger charge is -2.28. The molecule has 0 radical (unpaired) electrons. The third kappa shape index (κ3) is 4.15. The molecule has 1 N–H and O–H groups in total. The van der Waals surface area contributed by atoms with E-state index in [2.05, 4.69) is 22.4 Å². The number of piperidine rings is 1. The van der Waals surface area contributed by atoms with Gasteiger partial charge in [-0.05, 0) is 57.1 Å². The number of nitrogens with one attached hydrogen (secondary N) is 1. The Kier molecular flexibility index (Phi) is 5.54. The van der Waals surface area contributed by atoms with Gasteiger partial charge in [-0.3, -0.25) is 4.79 Å². The largest absolute Gasteiger partial charge is 0.347 e. The Morgan fingerprint density at radius 3 is 2.86 bits per heavy atom. The predicted molar refractivity (Wildman–Crippen MR) is 111 cm³/mol. The quantitative estimate of drug-likeness (QED) is 0.719. The van der Waals surface area contributed by atoms with E-state index in [0.717, 1.165) is 46.3 Å². The molecule has 1 saturated heterocycles. The van der Waals surface area contributed by atoms with Crippen LogP contribution in [0.1, 0.15) is 44.7 Å². The van der Waals surface area contributed by atoms with Crippen molar-refractivity contribution in [1.82, 2.24) is 25.0 Å². The van der Waals surface area contributed by atoms with Gasteiger partial charge in [-0.15, -0.1) is 11.3 Å². The number of hydrogen-bond donors (Lipinski definition) is 1. The molecule has 28 heavy (non-hydrogen) atoms. The van der Waals surface area contributed by atoms with Crippen LogP contribution < -0.4 is 5.32 Å². The number of carbonyl (C=O) groups is 1. The van der Waals surface area contributed by atoms with E-state index in [9.17, 15) is 4.79 Å². The van der Waals surface area contributed by atoms with Crippen molar-refractivity contribution in [1.29, 1.82) is 0 Å². The van der Waals surface area contributed by atoms with Crippen LogP contribution in [0.2, 0.25) is 0 Å². The molecule has 0 spiro atoms. The number of hydrogen-bond acceptors (Lipinski definition) is 5. The van der Waals surface area contributed by atoms with Gasteiger partial charge in [-0.25, -0.2) is 9.67 Å². The number of likely N-dealkylation sites (N-methyl/N-ethyl adjacent to an activating group) is 1. The summed E-state index contributed by atoms with van der Waals surface area (Å²) in [5.74, 6) is 0.403. The van der Waals surface area contributed by atoms with Crippen LogP contribution in [-0.2, 0) is 6.54 Å². The zero-order valence-corrected chi connectivity index (χ0v) is 17.1. The van der Waals surface area contributed by atoms with E-state index in [1.807, 2.05) is 48.1 Å². The van der Waals surface area contributed by atoms with Crippen LogP contribution in [0.5, 0.6) is 0 Å². The van der Waals surface area contributed by atoms with Crippen LogP contribution in [-0.4, -0.2) is 45.7 Å². The summed E-state index contributed by atoms with van der Waals surface area (Å²) >= 11 is 1.55. The van der Waals surface area contributed by atoms with Gasteiger partial charge in [0.2, 0.25) is 0 Å². The van der Waals surface area contributed by atoms with E-state index >= 15 is 0 Å². The first-order chi connectivity index (χ1) is 13.6. The molecule has 0 bridgehead atoms. The minimum absolute atomic E-state index is 0.0402. The van der Waals surface area contributed by atoms with E-state index in [4.69, 9.17) is 4.98 Å². The van der Waals surface area contributed by atoms with Crippen LogP contribution in [0, 0.1) is 6.92 Å². The van der Waals surface area contributed by atoms with Crippen molar-refractivity contribution in [3.63, 3.8) is 0 Å². The highest BCUT2D eigenvalue weighted by Crippen LogP contribution is 2.31. The first-order valence-electron chi connectivity index (χ1n) is 9.63. The second kappa shape index (κ2) is 8.24. The Balaban J connectivity index is 1.38. The number of rotatable bonds is 5. The van der Waals surface area contributed by atoms with Gasteiger partial charge in [0.05, 0.1) is 16.4 Å². The maximum atomic E-state index is 12.7. The third-order valence-corrected chi connectivity index (χ3v) is 6.47. The van der Waals surface area contributed by atoms with Gasteiger partial charge < -0.3 is 10.2 Å². The van der Waals surface area contributed by atoms with Crippen molar-refractivity contribution < 1.29 is 4.79 Å². The second-order valence-corrected chi connectivity index (χ2v) is 8.40. The molecule has 1 aliphatic rings. The number of aryl methyl sites for hydroxylation is 1. The van der Waals surface area contributed by atoms with Crippen LogP contribution in [0.25, 0.3) is 5.69 Å². The molecule has 1 aliphatic heterocycles. The molecular weight excluding hydrogens is 370 g/mol. The van der Waals surface area contributed by atoms with E-state index in [1.54, 1.807) is 17.5 Å². The molecular formula is C21H25N5OS. The number of carbonyl (C=O) groups excluding carboxylic acids is 1. The fourth-order valence-corrected chi connectivity index (χ4v) is 4.73. The highest BCUT2D eigenvalue weighted by atomic mass is 32.1. The van der Waals surface area contributed by atoms with Crippen LogP contribution in [0.4, 0.5) is 0 Å². The minimum atomic E-state index is -0.0402. The highest BCUT2D eigenvalue weighted by molar-refractivity contribution is 7.13. The Labute approximate surface area is 169 Å². The highest BCUT2D eigenvalue weighted by Gasteiger charge is 2.24. The van der Waals surface area contributed by atoms with Crippen LogP contribution >= 0.6 is 11.3 Å². The second-order valence-electron chi connectivity index (χ2n) is 7.37. The lowest BCUT2D eigenvalue weighted by Crippen LogP contribution is -2.30. The number of likely N-dealkylation sites (tertiary alicyclic amines) is 1. The van der Waals surface area contributed by atoms with Crippen molar-refractivity contribution in [2.75, 3.05) is 20.1 Å². The summed E-state index contributed by atoms with van der Waals surface area (Å²) in [6.45, 7) is 4.60. The number of nitrogens with zero attached hydrogens (tertiary/aromatic N) is 4. The summed E-state index contributed by atoms with van der Waals surface area (Å²) in [4.78, 5) is 20.5. The molecule has 3 aromatic rings. The van der Waals surface area contributed by atoms with Crippen molar-refractivity contribution in [3.8, 4) is 5.69 Å². The molecule has 0 aliphatic carbocycles. The van der Waals surface area contributed by atoms with Gasteiger partial charge in [-0.1, -0.05) is 12.1 Å². The van der Waals surface area contributed by atoms with Crippen molar-refractivity contribution in [2.24, 2.45) is 0 Å². The summed E-state index contributed by atoms with van der Waals surface area (Å²) in [5, 5.41) is 8.35. The van der Waals surface area contributed by atoms with Crippen molar-refractivity contribution >= 4 is 17.2 Å². The Hall–Kier alpha value is -2.51. The zero-order valence-electron chi connectivity index (χ0n) is 16.3. The Bertz CT molecular complexity index is 932. The van der Waals surface area contributed by atoms with Gasteiger partial charge in [0.1, 0.15) is 4.88 Å². The monoisotopic (exact) mass is 395 g/mol. The molecule has 1 unspecified atom stereocenters. The van der Waals surface area contributed by atoms with Crippen LogP contribution in [0.3, 0.4) is 0 Å². The van der Waals surface area contributed by atoms with Crippen LogP contribution in [0.15, 0.2) is 42.7 Å². The SMILES string of the molecule is Cc1nc(C2CCCN(C)C2)sc1C(=O)NCc1ccc(-n2cccn2)cc1. The molecule has 7 heteroatoms. The van der Waals surface area contributed by atoms with Gasteiger partial charge in [0, 0.05) is 31.4 Å². The normalized spacial score (nSPS) is 17.6. The number of thiazole rings is 1. The number of benzene rings is 1. The maximum Gasteiger partial charge on any atom is 0.263 e. The van der Waals surface area contributed by atoms with E-state index in [1.165, 1.54) is 6.42 Å². The molecule has 1 aromatic carbocycles. The van der Waals surface area contributed by atoms with E-state index in [-0.39, 0.29) is 5.91 Å². The van der Waals surface area contributed by atoms with Gasteiger partial charge in [0.25, 0.3) is 5.91 Å². The topological polar surface area (TPSA) is 63.1 Å². The molecule has 0 saturated carbocycles. The Morgan fingerprint density at radius 1 is 1.32 bits per heavy atom. The summed E-state index contributed by atoms with van der Waals surface area (Å²) in [5.41, 5.74) is 2.89. The van der Waals surface area contributed by atoms with E-state index < -0.39 is 0 Å². The maximum absolute atomic E-state index is 12.7. The molecule has 1 amide bonds. The fourth-order valence-electron chi connectivity index (χ4n) is 3.62. The summed E-state index contributed by atoms with van der Waals surface area (Å²) in [7, 11) is 2.15. The smallest absolute Gasteiger partial charge is 0.263 e. The van der Waals surface area contributed by atoms with Crippen molar-refractivity contribution in [3.05, 3.63) is 63.9 Å². The average Bonchev–Trinajstić information content (AvgIpc) is 3.36. The molecule has 3 heterocycles. The summed E-state index contributed by atoms with van der Waals surface area (Å²) in [6.07, 6.45) is 6.01. The lowest BCUT2D eigenvalue weighted by molar-refractivity contribution is 0.0954. The number of amides is 1. The standard InChI is InChI=1S/C21H25N5OS/c1-15-19(28-21(24-15)17-5-3-11-25(2)14-17)20(27)22-13-16-6-8-18(9-7-16)26-12-4-10-23-26/h4,6-10,12,17H,3,5,11,13-14H2,1-2H3,(H,22,27). The molecule has 4 rings (SSSR count). The van der Waals surface area contributed by atoms with Gasteiger partial charge in [0.15, 0.2) is 0 Å². The molecule has 6 nitrogen and oxygen atoms in total. The third-order valence-electron chi connectivity index (χ3n) is 5.15. The molecule has 146 valence electrons. The Morgan fingerprint density at radius 2 is 2.14 bits per heavy atom. The number of aromatic nitrogens is 3. The fraction of sp³-hybridized carbons (Fsp3) is 0.381.